The summed E-state index contributed by atoms with van der Waals surface area (Å²) in [6.07, 6.45) is 3.30. The Morgan fingerprint density at radius 2 is 2.09 bits per heavy atom. The Bertz CT molecular complexity index is 1340. The molecule has 1 aliphatic rings. The number of benzene rings is 2. The highest BCUT2D eigenvalue weighted by Crippen LogP contribution is 2.28. The number of carbonyl (C=O) groups is 2. The summed E-state index contributed by atoms with van der Waals surface area (Å²) in [5, 5.41) is 8.46. The minimum Gasteiger partial charge on any atom is -0.493 e. The molecule has 0 spiro atoms. The molecule has 2 aromatic carbocycles. The number of rotatable bonds is 6. The Morgan fingerprint density at radius 3 is 2.82 bits per heavy atom. The molecule has 3 N–H and O–H groups in total. The average Bonchev–Trinajstić information content (AvgIpc) is 3.19. The number of anilines is 1. The Hall–Kier alpha value is -2.73. The molecule has 1 aliphatic heterocycles. The zero-order valence-corrected chi connectivity index (χ0v) is 20.6. The van der Waals surface area contributed by atoms with Gasteiger partial charge in [0.25, 0.3) is 5.91 Å². The summed E-state index contributed by atoms with van der Waals surface area (Å²) < 4.78 is 29.9. The van der Waals surface area contributed by atoms with E-state index in [9.17, 15) is 18.0 Å². The van der Waals surface area contributed by atoms with Crippen molar-refractivity contribution < 1.29 is 22.7 Å². The first-order valence-corrected chi connectivity index (χ1v) is 13.6. The van der Waals surface area contributed by atoms with Crippen molar-refractivity contribution in [1.82, 2.24) is 15.6 Å². The molecule has 12 heteroatoms. The summed E-state index contributed by atoms with van der Waals surface area (Å²) in [6, 6.07) is 8.45. The van der Waals surface area contributed by atoms with Crippen LogP contribution >= 0.6 is 22.9 Å². The van der Waals surface area contributed by atoms with E-state index in [1.165, 1.54) is 18.2 Å². The highest BCUT2D eigenvalue weighted by molar-refractivity contribution is 7.90. The second kappa shape index (κ2) is 10.3. The van der Waals surface area contributed by atoms with Crippen LogP contribution in [0.5, 0.6) is 5.75 Å². The Labute approximate surface area is 205 Å². The van der Waals surface area contributed by atoms with E-state index in [-0.39, 0.29) is 20.6 Å². The second-order valence-corrected chi connectivity index (χ2v) is 11.4. The predicted octanol–water partition coefficient (Wildman–Crippen LogP) is 3.69. The zero-order chi connectivity index (χ0) is 24.3. The lowest BCUT2D eigenvalue weighted by molar-refractivity contribution is 0.0966. The number of amides is 3. The maximum Gasteiger partial charge on any atom is 0.327 e. The third-order valence-corrected chi connectivity index (χ3v) is 7.68. The smallest absolute Gasteiger partial charge is 0.327 e. The van der Waals surface area contributed by atoms with Gasteiger partial charge in [-0.15, -0.1) is 0 Å². The number of sulfone groups is 1. The van der Waals surface area contributed by atoms with Gasteiger partial charge in [-0.3, -0.25) is 15.4 Å². The number of urea groups is 1. The van der Waals surface area contributed by atoms with E-state index in [0.717, 1.165) is 43.5 Å². The average molecular weight is 523 g/mol. The van der Waals surface area contributed by atoms with E-state index in [4.69, 9.17) is 16.3 Å². The van der Waals surface area contributed by atoms with E-state index in [0.29, 0.717) is 28.5 Å². The standard InChI is InChI=1S/C22H23ClN4O5S2/c1-34(30,31)15-5-7-18-19(10-15)33-22(25-18)27-21(29)26-20(28)16-9-14(4-6-17(16)23)32-12-13-3-2-8-24-11-13/h4-7,9-10,13,24H,2-3,8,11-12H2,1H3,(H2,25,26,27,28,29). The topological polar surface area (TPSA) is 126 Å². The fourth-order valence-electron chi connectivity index (χ4n) is 3.54. The van der Waals surface area contributed by atoms with Gasteiger partial charge in [-0.25, -0.2) is 18.2 Å². The number of carbonyl (C=O) groups excluding carboxylic acids is 2. The van der Waals surface area contributed by atoms with Crippen LogP contribution < -0.4 is 20.7 Å². The lowest BCUT2D eigenvalue weighted by Crippen LogP contribution is -2.34. The monoisotopic (exact) mass is 522 g/mol. The van der Waals surface area contributed by atoms with Gasteiger partial charge in [0.05, 0.1) is 32.3 Å². The van der Waals surface area contributed by atoms with Gasteiger partial charge >= 0.3 is 6.03 Å². The van der Waals surface area contributed by atoms with Crippen LogP contribution in [0.3, 0.4) is 0 Å². The fourth-order valence-corrected chi connectivity index (χ4v) is 5.36. The van der Waals surface area contributed by atoms with Gasteiger partial charge in [-0.2, -0.15) is 0 Å². The lowest BCUT2D eigenvalue weighted by atomic mass is 10.0. The third kappa shape index (κ3) is 6.03. The maximum absolute atomic E-state index is 12.6. The molecule has 2 heterocycles. The van der Waals surface area contributed by atoms with Crippen LogP contribution in [0, 0.1) is 5.92 Å². The minimum absolute atomic E-state index is 0.109. The molecule has 4 rings (SSSR count). The molecule has 0 aliphatic carbocycles. The van der Waals surface area contributed by atoms with E-state index >= 15 is 0 Å². The summed E-state index contributed by atoms with van der Waals surface area (Å²) >= 11 is 7.27. The van der Waals surface area contributed by atoms with Gasteiger partial charge in [-0.05, 0) is 55.8 Å². The van der Waals surface area contributed by atoms with Crippen LogP contribution in [0.25, 0.3) is 10.2 Å². The number of hydrogen-bond donors (Lipinski definition) is 3. The molecule has 3 amide bonds. The van der Waals surface area contributed by atoms with Crippen molar-refractivity contribution in [3.63, 3.8) is 0 Å². The molecule has 34 heavy (non-hydrogen) atoms. The van der Waals surface area contributed by atoms with Crippen molar-refractivity contribution in [3.05, 3.63) is 47.0 Å². The van der Waals surface area contributed by atoms with Crippen molar-refractivity contribution in [3.8, 4) is 5.75 Å². The Kier molecular flexibility index (Phi) is 7.36. The highest BCUT2D eigenvalue weighted by Gasteiger charge is 2.18. The van der Waals surface area contributed by atoms with Crippen LogP contribution in [0.1, 0.15) is 23.2 Å². The molecule has 180 valence electrons. The van der Waals surface area contributed by atoms with Crippen molar-refractivity contribution in [2.24, 2.45) is 5.92 Å². The van der Waals surface area contributed by atoms with Gasteiger partial charge in [-0.1, -0.05) is 22.9 Å². The maximum atomic E-state index is 12.6. The first-order chi connectivity index (χ1) is 16.2. The van der Waals surface area contributed by atoms with E-state index in [2.05, 4.69) is 20.9 Å². The van der Waals surface area contributed by atoms with Gasteiger partial charge in [0, 0.05) is 18.7 Å². The summed E-state index contributed by atoms with van der Waals surface area (Å²) in [7, 11) is -3.36. The van der Waals surface area contributed by atoms with Crippen molar-refractivity contribution >= 4 is 60.1 Å². The van der Waals surface area contributed by atoms with Crippen LogP contribution in [0.4, 0.5) is 9.93 Å². The number of nitrogens with zero attached hydrogens (tertiary/aromatic N) is 1. The fraction of sp³-hybridized carbons (Fsp3) is 0.318. The molecule has 9 nitrogen and oxygen atoms in total. The summed E-state index contributed by atoms with van der Waals surface area (Å²) in [4.78, 5) is 29.4. The number of aromatic nitrogens is 1. The molecule has 3 aromatic rings. The van der Waals surface area contributed by atoms with Crippen LogP contribution in [-0.2, 0) is 9.84 Å². The van der Waals surface area contributed by atoms with E-state index < -0.39 is 21.8 Å². The van der Waals surface area contributed by atoms with Gasteiger partial charge < -0.3 is 10.1 Å². The van der Waals surface area contributed by atoms with E-state index in [1.807, 2.05) is 0 Å². The predicted molar refractivity (Wildman–Crippen MR) is 132 cm³/mol. The number of halogens is 1. The summed E-state index contributed by atoms with van der Waals surface area (Å²) in [5.74, 6) is 0.205. The number of nitrogens with one attached hydrogen (secondary N) is 3. The number of hydrogen-bond acceptors (Lipinski definition) is 8. The molecule has 0 saturated carbocycles. The first-order valence-electron chi connectivity index (χ1n) is 10.5. The van der Waals surface area contributed by atoms with Gasteiger partial charge in [0.1, 0.15) is 5.75 Å². The van der Waals surface area contributed by atoms with Crippen molar-refractivity contribution in [2.75, 3.05) is 31.3 Å². The molecule has 1 saturated heterocycles. The van der Waals surface area contributed by atoms with Gasteiger partial charge in [0.15, 0.2) is 15.0 Å². The molecular formula is C22H23ClN4O5S2. The summed E-state index contributed by atoms with van der Waals surface area (Å²) in [5.41, 5.74) is 0.637. The van der Waals surface area contributed by atoms with Crippen molar-refractivity contribution in [2.45, 2.75) is 17.7 Å². The Balaban J connectivity index is 1.39. The Morgan fingerprint density at radius 1 is 1.26 bits per heavy atom. The SMILES string of the molecule is CS(=O)(=O)c1ccc2nc(NC(=O)NC(=O)c3cc(OCC4CCCNC4)ccc3Cl)sc2c1. The zero-order valence-electron chi connectivity index (χ0n) is 18.3. The normalized spacial score (nSPS) is 16.2. The van der Waals surface area contributed by atoms with E-state index in [1.54, 1.807) is 18.2 Å². The third-order valence-electron chi connectivity index (χ3n) is 5.30. The van der Waals surface area contributed by atoms with Crippen LogP contribution in [0.2, 0.25) is 5.02 Å². The van der Waals surface area contributed by atoms with Crippen LogP contribution in [-0.4, -0.2) is 51.3 Å². The minimum atomic E-state index is -3.36. The molecule has 0 bridgehead atoms. The largest absolute Gasteiger partial charge is 0.493 e. The second-order valence-electron chi connectivity index (χ2n) is 7.99. The number of piperidine rings is 1. The molecule has 1 fully saturated rings. The van der Waals surface area contributed by atoms with Gasteiger partial charge in [0.2, 0.25) is 0 Å². The summed E-state index contributed by atoms with van der Waals surface area (Å²) in [6.45, 7) is 2.43. The van der Waals surface area contributed by atoms with Crippen LogP contribution in [0.15, 0.2) is 41.3 Å². The lowest BCUT2D eigenvalue weighted by Gasteiger charge is -2.22. The van der Waals surface area contributed by atoms with Crippen molar-refractivity contribution in [1.29, 1.82) is 0 Å². The highest BCUT2D eigenvalue weighted by atomic mass is 35.5. The number of ether oxygens (including phenoxy) is 1. The number of fused-ring (bicyclic) bond motifs is 1. The molecule has 1 unspecified atom stereocenters. The quantitative estimate of drug-likeness (QED) is 0.450. The number of thiazole rings is 1. The molecule has 1 atom stereocenters. The number of imide groups is 1. The molecular weight excluding hydrogens is 500 g/mol. The first kappa shape index (κ1) is 24.4. The molecule has 0 radical (unpaired) electrons. The molecule has 1 aromatic heterocycles.